The minimum Gasteiger partial charge on any atom is -0.381 e. The van der Waals surface area contributed by atoms with E-state index < -0.39 is 0 Å². The van der Waals surface area contributed by atoms with Gasteiger partial charge in [-0.15, -0.1) is 0 Å². The number of hydrogen-bond acceptors (Lipinski definition) is 5. The molecule has 1 amide bonds. The highest BCUT2D eigenvalue weighted by atomic mass is 16.5. The van der Waals surface area contributed by atoms with Crippen LogP contribution in [0.1, 0.15) is 37.3 Å². The molecule has 0 aromatic carbocycles. The van der Waals surface area contributed by atoms with Gasteiger partial charge in [-0.25, -0.2) is 9.97 Å². The van der Waals surface area contributed by atoms with Crippen LogP contribution in [0.15, 0.2) is 48.9 Å². The highest BCUT2D eigenvalue weighted by molar-refractivity contribution is 5.81. The zero-order valence-corrected chi connectivity index (χ0v) is 17.0. The van der Waals surface area contributed by atoms with E-state index in [1.54, 1.807) is 12.4 Å². The largest absolute Gasteiger partial charge is 0.381 e. The summed E-state index contributed by atoms with van der Waals surface area (Å²) in [5.74, 6) is 0.844. The smallest absolute Gasteiger partial charge is 0.225 e. The molecule has 2 aliphatic heterocycles. The SMILES string of the molecule is O=C(C1CCOCC1)N1CCC(c2ccc3cc(-c4ccncc4)cnc3n2)CC1. The Balaban J connectivity index is 1.27. The van der Waals surface area contributed by atoms with Crippen LogP contribution in [0.25, 0.3) is 22.2 Å². The first kappa shape index (κ1) is 19.1. The van der Waals surface area contributed by atoms with E-state index in [9.17, 15) is 4.79 Å². The van der Waals surface area contributed by atoms with E-state index in [0.29, 0.717) is 25.0 Å². The van der Waals surface area contributed by atoms with Crippen molar-refractivity contribution in [2.45, 2.75) is 31.6 Å². The topological polar surface area (TPSA) is 68.2 Å². The van der Waals surface area contributed by atoms with E-state index in [1.165, 1.54) is 0 Å². The van der Waals surface area contributed by atoms with Crippen molar-refractivity contribution in [1.29, 1.82) is 0 Å². The number of piperidine rings is 1. The molecule has 2 aliphatic rings. The van der Waals surface area contributed by atoms with Crippen LogP contribution in [0.5, 0.6) is 0 Å². The van der Waals surface area contributed by atoms with Crippen LogP contribution in [0.2, 0.25) is 0 Å². The maximum atomic E-state index is 12.8. The first-order valence-electron chi connectivity index (χ1n) is 10.8. The molecule has 0 saturated carbocycles. The summed E-state index contributed by atoms with van der Waals surface area (Å²) in [7, 11) is 0. The third-order valence-corrected chi connectivity index (χ3v) is 6.37. The Hall–Kier alpha value is -2.86. The van der Waals surface area contributed by atoms with Gasteiger partial charge in [-0.1, -0.05) is 0 Å². The minimum absolute atomic E-state index is 0.146. The Kier molecular flexibility index (Phi) is 5.41. The van der Waals surface area contributed by atoms with Crippen LogP contribution in [0.3, 0.4) is 0 Å². The molecule has 2 fully saturated rings. The van der Waals surface area contributed by atoms with Gasteiger partial charge >= 0.3 is 0 Å². The van der Waals surface area contributed by atoms with Crippen molar-refractivity contribution < 1.29 is 9.53 Å². The van der Waals surface area contributed by atoms with Crippen molar-refractivity contribution in [1.82, 2.24) is 19.9 Å². The van der Waals surface area contributed by atoms with Gasteiger partial charge in [0.15, 0.2) is 5.65 Å². The van der Waals surface area contributed by atoms with Gasteiger partial charge in [-0.2, -0.15) is 0 Å². The number of aromatic nitrogens is 3. The standard InChI is InChI=1S/C24H26N4O2/c29-24(19-7-13-30-14-8-19)28-11-5-18(6-12-28)22-2-1-20-15-21(16-26-23(20)27-22)17-3-9-25-10-4-17/h1-4,9-10,15-16,18-19H,5-8,11-14H2. The van der Waals surface area contributed by atoms with Crippen LogP contribution in [0, 0.1) is 5.92 Å². The quantitative estimate of drug-likeness (QED) is 0.666. The molecule has 0 radical (unpaired) electrons. The van der Waals surface area contributed by atoms with E-state index in [4.69, 9.17) is 9.72 Å². The Bertz CT molecular complexity index is 1030. The van der Waals surface area contributed by atoms with Crippen molar-refractivity contribution in [3.63, 3.8) is 0 Å². The molecule has 0 unspecified atom stereocenters. The number of rotatable bonds is 3. The lowest BCUT2D eigenvalue weighted by Crippen LogP contribution is -2.42. The molecule has 6 heteroatoms. The predicted molar refractivity (Wildman–Crippen MR) is 115 cm³/mol. The van der Waals surface area contributed by atoms with Crippen molar-refractivity contribution in [3.8, 4) is 11.1 Å². The minimum atomic E-state index is 0.146. The van der Waals surface area contributed by atoms with Crippen LogP contribution < -0.4 is 0 Å². The molecule has 30 heavy (non-hydrogen) atoms. The number of pyridine rings is 3. The highest BCUT2D eigenvalue weighted by Crippen LogP contribution is 2.30. The molecule has 0 bridgehead atoms. The maximum Gasteiger partial charge on any atom is 0.225 e. The van der Waals surface area contributed by atoms with Gasteiger partial charge in [-0.3, -0.25) is 9.78 Å². The van der Waals surface area contributed by atoms with Crippen LogP contribution in [-0.4, -0.2) is 52.1 Å². The zero-order chi connectivity index (χ0) is 20.3. The average molecular weight is 402 g/mol. The molecular weight excluding hydrogens is 376 g/mol. The van der Waals surface area contributed by atoms with Crippen LogP contribution >= 0.6 is 0 Å². The normalized spacial score (nSPS) is 18.6. The molecule has 5 heterocycles. The summed E-state index contributed by atoms with van der Waals surface area (Å²) in [5, 5.41) is 1.04. The number of nitrogens with zero attached hydrogens (tertiary/aromatic N) is 4. The Morgan fingerprint density at radius 2 is 1.73 bits per heavy atom. The number of likely N-dealkylation sites (tertiary alicyclic amines) is 1. The monoisotopic (exact) mass is 402 g/mol. The van der Waals surface area contributed by atoms with Gasteiger partial charge in [0.2, 0.25) is 5.91 Å². The lowest BCUT2D eigenvalue weighted by atomic mass is 9.91. The fourth-order valence-electron chi connectivity index (χ4n) is 4.55. The Morgan fingerprint density at radius 3 is 2.50 bits per heavy atom. The molecule has 0 aliphatic carbocycles. The molecule has 154 valence electrons. The number of fused-ring (bicyclic) bond motifs is 1. The van der Waals surface area contributed by atoms with Gasteiger partial charge in [0.05, 0.1) is 0 Å². The zero-order valence-electron chi connectivity index (χ0n) is 17.0. The summed E-state index contributed by atoms with van der Waals surface area (Å²) in [6, 6.07) is 10.3. The predicted octanol–water partition coefficient (Wildman–Crippen LogP) is 3.82. The summed E-state index contributed by atoms with van der Waals surface area (Å²) in [4.78, 5) is 28.3. The van der Waals surface area contributed by atoms with E-state index in [2.05, 4.69) is 28.2 Å². The number of carbonyl (C=O) groups excluding carboxylic acids is 1. The highest BCUT2D eigenvalue weighted by Gasteiger charge is 2.30. The summed E-state index contributed by atoms with van der Waals surface area (Å²) < 4.78 is 5.39. The molecule has 0 spiro atoms. The lowest BCUT2D eigenvalue weighted by Gasteiger charge is -2.35. The first-order valence-corrected chi connectivity index (χ1v) is 10.8. The fourth-order valence-corrected chi connectivity index (χ4v) is 4.55. The van der Waals surface area contributed by atoms with E-state index in [-0.39, 0.29) is 5.92 Å². The first-order chi connectivity index (χ1) is 14.8. The maximum absolute atomic E-state index is 12.8. The van der Waals surface area contributed by atoms with Crippen molar-refractivity contribution in [2.75, 3.05) is 26.3 Å². The third kappa shape index (κ3) is 3.92. The number of amides is 1. The molecule has 2 saturated heterocycles. The Labute approximate surface area is 176 Å². The second kappa shape index (κ2) is 8.48. The van der Waals surface area contributed by atoms with Crippen molar-refractivity contribution >= 4 is 16.9 Å². The molecule has 3 aromatic rings. The molecular formula is C24H26N4O2. The molecule has 0 atom stereocenters. The second-order valence-electron chi connectivity index (χ2n) is 8.23. The molecule has 0 N–H and O–H groups in total. The summed E-state index contributed by atoms with van der Waals surface area (Å²) in [6.07, 6.45) is 9.10. The Morgan fingerprint density at radius 1 is 0.967 bits per heavy atom. The van der Waals surface area contributed by atoms with E-state index in [0.717, 1.165) is 66.6 Å². The van der Waals surface area contributed by atoms with Crippen molar-refractivity contribution in [2.24, 2.45) is 5.92 Å². The number of carbonyl (C=O) groups is 1. The van der Waals surface area contributed by atoms with Crippen LogP contribution in [0.4, 0.5) is 0 Å². The van der Waals surface area contributed by atoms with E-state index >= 15 is 0 Å². The van der Waals surface area contributed by atoms with Crippen molar-refractivity contribution in [3.05, 3.63) is 54.6 Å². The summed E-state index contributed by atoms with van der Waals surface area (Å²) in [5.41, 5.74) is 4.04. The summed E-state index contributed by atoms with van der Waals surface area (Å²) in [6.45, 7) is 3.05. The van der Waals surface area contributed by atoms with Gasteiger partial charge < -0.3 is 9.64 Å². The van der Waals surface area contributed by atoms with Crippen LogP contribution in [-0.2, 0) is 9.53 Å². The summed E-state index contributed by atoms with van der Waals surface area (Å²) >= 11 is 0. The molecule has 5 rings (SSSR count). The average Bonchev–Trinajstić information content (AvgIpc) is 2.84. The van der Waals surface area contributed by atoms with Gasteiger partial charge in [0.25, 0.3) is 0 Å². The second-order valence-corrected chi connectivity index (χ2v) is 8.23. The number of hydrogen-bond donors (Lipinski definition) is 0. The molecule has 3 aromatic heterocycles. The third-order valence-electron chi connectivity index (χ3n) is 6.37. The molecule has 6 nitrogen and oxygen atoms in total. The fraction of sp³-hybridized carbons (Fsp3) is 0.417. The van der Waals surface area contributed by atoms with E-state index in [1.807, 2.05) is 23.2 Å². The van der Waals surface area contributed by atoms with Gasteiger partial charge in [-0.05, 0) is 61.6 Å². The number of ether oxygens (including phenoxy) is 1. The lowest BCUT2D eigenvalue weighted by molar-refractivity contribution is -0.139. The van der Waals surface area contributed by atoms with Gasteiger partial charge in [0.1, 0.15) is 0 Å². The van der Waals surface area contributed by atoms with Gasteiger partial charge in [0, 0.05) is 73.4 Å².